The molecule has 2 aromatic carbocycles. The van der Waals surface area contributed by atoms with Crippen LogP contribution >= 0.6 is 0 Å². The van der Waals surface area contributed by atoms with Crippen molar-refractivity contribution in [3.63, 3.8) is 0 Å². The molecule has 3 aliphatic rings. The van der Waals surface area contributed by atoms with Gasteiger partial charge in [-0.05, 0) is 168 Å². The van der Waals surface area contributed by atoms with Gasteiger partial charge in [0.15, 0.2) is 0 Å². The van der Waals surface area contributed by atoms with Gasteiger partial charge in [0.25, 0.3) is 0 Å². The third-order valence-electron chi connectivity index (χ3n) is 13.4. The van der Waals surface area contributed by atoms with Crippen molar-refractivity contribution in [2.45, 2.75) is 130 Å². The lowest BCUT2D eigenvalue weighted by atomic mass is 9.89. The molecule has 6 heteroatoms. The van der Waals surface area contributed by atoms with Crippen LogP contribution in [0.2, 0.25) is 0 Å². The lowest BCUT2D eigenvalue weighted by Crippen LogP contribution is -2.05. The van der Waals surface area contributed by atoms with Gasteiger partial charge in [-0.1, -0.05) is 93.2 Å². The summed E-state index contributed by atoms with van der Waals surface area (Å²) in [6.07, 6.45) is 47.2. The molecule has 2 fully saturated rings. The van der Waals surface area contributed by atoms with Crippen molar-refractivity contribution in [1.82, 2.24) is 9.13 Å². The molecule has 6 nitrogen and oxygen atoms in total. The quantitative estimate of drug-likeness (QED) is 0.0862. The Morgan fingerprint density at radius 1 is 0.758 bits per heavy atom. The molecule has 0 aliphatic heterocycles. The molecule has 0 spiro atoms. The van der Waals surface area contributed by atoms with Crippen LogP contribution in [0.1, 0.15) is 168 Å². The Labute approximate surface area is 370 Å². The third-order valence-corrected chi connectivity index (χ3v) is 13.4. The topological polar surface area (TPSA) is 101 Å². The summed E-state index contributed by atoms with van der Waals surface area (Å²) in [6.45, 7) is 5.60. The van der Waals surface area contributed by atoms with Gasteiger partial charge >= 0.3 is 0 Å². The monoisotopic (exact) mass is 828 g/mol. The van der Waals surface area contributed by atoms with Crippen LogP contribution < -0.4 is 17.2 Å². The van der Waals surface area contributed by atoms with E-state index in [-0.39, 0.29) is 0 Å². The lowest BCUT2D eigenvalue weighted by Gasteiger charge is -2.18. The Balaban J connectivity index is 1.34. The Bertz CT molecular complexity index is 2560. The largest absolute Gasteiger partial charge is 0.456 e. The number of benzene rings is 2. The van der Waals surface area contributed by atoms with E-state index in [9.17, 15) is 0 Å². The number of nitrogens with zero attached hydrogens (tertiary/aromatic N) is 2. The number of rotatable bonds is 16. The number of unbranched alkanes of at least 4 members (excludes halogenated alkanes) is 2. The van der Waals surface area contributed by atoms with Crippen LogP contribution in [-0.4, -0.2) is 15.7 Å². The Morgan fingerprint density at radius 3 is 2.19 bits per heavy atom. The summed E-state index contributed by atoms with van der Waals surface area (Å²) in [6, 6.07) is 13.4. The summed E-state index contributed by atoms with van der Waals surface area (Å²) in [5.74, 6) is 0.588. The zero-order chi connectivity index (χ0) is 42.8. The highest BCUT2D eigenvalue weighted by Crippen LogP contribution is 2.40. The molecule has 0 atom stereocenters. The van der Waals surface area contributed by atoms with Crippen molar-refractivity contribution in [2.75, 3.05) is 6.54 Å². The summed E-state index contributed by atoms with van der Waals surface area (Å²) in [5.41, 5.74) is 35.5. The average Bonchev–Trinajstić information content (AvgIpc) is 4.06. The number of aromatic nitrogens is 2. The van der Waals surface area contributed by atoms with Crippen molar-refractivity contribution < 1.29 is 4.42 Å². The molecule has 0 bridgehead atoms. The van der Waals surface area contributed by atoms with E-state index in [1.165, 1.54) is 96.9 Å². The maximum atomic E-state index is 6.70. The second-order valence-electron chi connectivity index (χ2n) is 17.7. The van der Waals surface area contributed by atoms with Gasteiger partial charge in [0.05, 0.1) is 22.8 Å². The smallest absolute Gasteiger partial charge is 0.135 e. The van der Waals surface area contributed by atoms with Crippen LogP contribution in [0, 0.1) is 5.92 Å². The molecular formula is C56H69N5O. The molecule has 0 amide bonds. The molecule has 2 saturated carbocycles. The maximum Gasteiger partial charge on any atom is 0.135 e. The van der Waals surface area contributed by atoms with E-state index >= 15 is 0 Å². The molecule has 3 aliphatic carbocycles. The minimum atomic E-state index is 0.452. The molecule has 5 aromatic rings. The number of allylic oxidation sites excluding steroid dienone is 6. The highest BCUT2D eigenvalue weighted by molar-refractivity contribution is 6.06. The third kappa shape index (κ3) is 9.23. The van der Waals surface area contributed by atoms with E-state index in [1.54, 1.807) is 6.20 Å². The summed E-state index contributed by atoms with van der Waals surface area (Å²) in [4.78, 5) is 0. The normalized spacial score (nSPS) is 17.9. The van der Waals surface area contributed by atoms with Crippen LogP contribution in [0.15, 0.2) is 82.5 Å². The zero-order valence-corrected chi connectivity index (χ0v) is 37.4. The van der Waals surface area contributed by atoms with Gasteiger partial charge in [0.1, 0.15) is 11.2 Å². The number of furan rings is 1. The van der Waals surface area contributed by atoms with Crippen molar-refractivity contribution in [3.05, 3.63) is 123 Å². The summed E-state index contributed by atoms with van der Waals surface area (Å²) >= 11 is 0. The number of nitrogens with two attached hydrogens (primary N) is 3. The molecule has 3 heterocycles. The first-order valence-electron chi connectivity index (χ1n) is 23.9. The van der Waals surface area contributed by atoms with Gasteiger partial charge in [0, 0.05) is 45.4 Å². The highest BCUT2D eigenvalue weighted by atomic mass is 16.3. The SMILES string of the molecule is CC/C=C\c1c(CN)c(/C=C\C2CCCCC2)n(-c2ccc3oc4ccc(-n5c(/C=C\N)c(C=C6CCCC6)c6c5/C=C\CC/C(CCCC)=C\6)cc4c3c2)c1/C=C\CCCN. The summed E-state index contributed by atoms with van der Waals surface area (Å²) < 4.78 is 11.5. The van der Waals surface area contributed by atoms with E-state index in [1.807, 2.05) is 0 Å². The molecule has 324 valence electrons. The minimum absolute atomic E-state index is 0.452. The van der Waals surface area contributed by atoms with Crippen molar-refractivity contribution >= 4 is 64.5 Å². The molecule has 8 rings (SSSR count). The molecule has 62 heavy (non-hydrogen) atoms. The first-order chi connectivity index (χ1) is 30.6. The molecule has 6 N–H and O–H groups in total. The van der Waals surface area contributed by atoms with Gasteiger partial charge in [-0.25, -0.2) is 0 Å². The van der Waals surface area contributed by atoms with E-state index in [0.717, 1.165) is 102 Å². The first kappa shape index (κ1) is 43.4. The molecule has 0 radical (unpaired) electrons. The van der Waals surface area contributed by atoms with Gasteiger partial charge < -0.3 is 30.8 Å². The zero-order valence-electron chi connectivity index (χ0n) is 37.4. The predicted molar refractivity (Wildman–Crippen MR) is 268 cm³/mol. The van der Waals surface area contributed by atoms with Crippen LogP contribution in [0.3, 0.4) is 0 Å². The van der Waals surface area contributed by atoms with Crippen LogP contribution in [-0.2, 0) is 6.54 Å². The molecule has 0 unspecified atom stereocenters. The van der Waals surface area contributed by atoms with Crippen LogP contribution in [0.5, 0.6) is 0 Å². The van der Waals surface area contributed by atoms with E-state index < -0.39 is 0 Å². The fraction of sp³-hybridized carbons (Fsp3) is 0.393. The van der Waals surface area contributed by atoms with Gasteiger partial charge in [-0.15, -0.1) is 0 Å². The van der Waals surface area contributed by atoms with Gasteiger partial charge in [-0.3, -0.25) is 0 Å². The fourth-order valence-corrected chi connectivity index (χ4v) is 10.1. The Kier molecular flexibility index (Phi) is 14.5. The highest BCUT2D eigenvalue weighted by Gasteiger charge is 2.24. The number of hydrogen-bond acceptors (Lipinski definition) is 4. The summed E-state index contributed by atoms with van der Waals surface area (Å²) in [7, 11) is 0. The maximum absolute atomic E-state index is 6.70. The van der Waals surface area contributed by atoms with Gasteiger partial charge in [0.2, 0.25) is 0 Å². The first-order valence-corrected chi connectivity index (χ1v) is 23.9. The Hall–Kier alpha value is -5.30. The predicted octanol–water partition coefficient (Wildman–Crippen LogP) is 14.7. The fourth-order valence-electron chi connectivity index (χ4n) is 10.1. The standard InChI is InChI=1S/C56H69N5O/c1-3-5-17-41-22-14-15-25-52-46(35-41)47(36-42-20-12-13-21-42)54(32-34-58)61(52)44-28-31-56-49(38-44)48-37-43(27-30-55(48)62-56)60-51(24-11-8-16-33-57)45(23-6-4-2)50(39-59)53(60)29-26-40-18-9-7-10-19-40/h6,11,15,23-32,34-38,40H,3-5,7-10,12-14,16-22,33,39,57-59H2,1-2H3/b23-6-,24-11-,25-15-,29-26-,34-32-,41-35-. The average molecular weight is 828 g/mol. The lowest BCUT2D eigenvalue weighted by molar-refractivity contribution is 0.420. The number of hydrogen-bond donors (Lipinski definition) is 3. The van der Waals surface area contributed by atoms with Crippen LogP contribution in [0.4, 0.5) is 0 Å². The van der Waals surface area contributed by atoms with E-state index in [2.05, 4.69) is 126 Å². The van der Waals surface area contributed by atoms with Crippen molar-refractivity contribution in [2.24, 2.45) is 23.1 Å². The molecule has 3 aromatic heterocycles. The second-order valence-corrected chi connectivity index (χ2v) is 17.7. The van der Waals surface area contributed by atoms with Crippen molar-refractivity contribution in [1.29, 1.82) is 0 Å². The van der Waals surface area contributed by atoms with Crippen molar-refractivity contribution in [3.8, 4) is 11.4 Å². The van der Waals surface area contributed by atoms with E-state index in [4.69, 9.17) is 21.6 Å². The van der Waals surface area contributed by atoms with E-state index in [0.29, 0.717) is 19.0 Å². The second kappa shape index (κ2) is 20.7. The van der Waals surface area contributed by atoms with Crippen LogP contribution in [0.25, 0.3) is 75.8 Å². The molecular weight excluding hydrogens is 759 g/mol. The Morgan fingerprint density at radius 2 is 1.50 bits per heavy atom. The number of fused-ring (bicyclic) bond motifs is 4. The summed E-state index contributed by atoms with van der Waals surface area (Å²) in [5, 5.41) is 2.18. The van der Waals surface area contributed by atoms with Gasteiger partial charge in [-0.2, -0.15) is 0 Å². The minimum Gasteiger partial charge on any atom is -0.456 e. The molecule has 0 saturated heterocycles.